The molecule has 1 saturated heterocycles. The summed E-state index contributed by atoms with van der Waals surface area (Å²) >= 11 is 0. The third-order valence-corrected chi connectivity index (χ3v) is 7.41. The van der Waals surface area contributed by atoms with Crippen LogP contribution >= 0.6 is 0 Å². The highest BCUT2D eigenvalue weighted by molar-refractivity contribution is 5.89. The van der Waals surface area contributed by atoms with Gasteiger partial charge in [0.2, 0.25) is 0 Å². The number of aliphatic hydroxyl groups excluding tert-OH is 4. The average Bonchev–Trinajstić information content (AvgIpc) is 3.01. The molecule has 0 aromatic heterocycles. The highest BCUT2D eigenvalue weighted by Crippen LogP contribution is 2.23. The Labute approximate surface area is 249 Å². The number of unbranched alkanes of at least 4 members (excludes halogenated alkanes) is 11. The number of rotatable bonds is 21. The Bertz CT molecular complexity index is 941. The quantitative estimate of drug-likeness (QED) is 0.0387. The SMILES string of the molecule is CCCCCCCCCCCCCC=C[C@@H](OC(=O)c1ccccc1)[C@H](CO[C@H]1O[C@H](CO)[C@@H](O)[C@H](O)[C@H]1O)N=[N+]=[N-]. The Morgan fingerprint density at radius 3 is 2.19 bits per heavy atom. The molecule has 1 aromatic rings. The second-order valence-corrected chi connectivity index (χ2v) is 10.8. The molecule has 0 bridgehead atoms. The van der Waals surface area contributed by atoms with Gasteiger partial charge < -0.3 is 34.6 Å². The van der Waals surface area contributed by atoms with E-state index in [1.165, 1.54) is 57.8 Å². The number of benzene rings is 1. The van der Waals surface area contributed by atoms with Gasteiger partial charge in [0.15, 0.2) is 6.29 Å². The molecule has 1 aromatic carbocycles. The van der Waals surface area contributed by atoms with Crippen molar-refractivity contribution >= 4 is 5.97 Å². The van der Waals surface area contributed by atoms with Crippen LogP contribution in [0.5, 0.6) is 0 Å². The first-order valence-electron chi connectivity index (χ1n) is 15.3. The Hall–Kier alpha value is -2.50. The summed E-state index contributed by atoms with van der Waals surface area (Å²) in [6.07, 6.45) is 9.63. The molecule has 7 atom stereocenters. The number of nitrogens with zero attached hydrogens (tertiary/aromatic N) is 3. The van der Waals surface area contributed by atoms with Crippen molar-refractivity contribution in [2.75, 3.05) is 13.2 Å². The van der Waals surface area contributed by atoms with Crippen LogP contribution in [-0.2, 0) is 14.2 Å². The molecule has 1 fully saturated rings. The van der Waals surface area contributed by atoms with Gasteiger partial charge in [0.25, 0.3) is 0 Å². The lowest BCUT2D eigenvalue weighted by Gasteiger charge is -2.40. The van der Waals surface area contributed by atoms with Crippen molar-refractivity contribution in [1.29, 1.82) is 0 Å². The number of carbonyl (C=O) groups excluding carboxylic acids is 1. The Balaban J connectivity index is 1.93. The van der Waals surface area contributed by atoms with Crippen LogP contribution < -0.4 is 0 Å². The summed E-state index contributed by atoms with van der Waals surface area (Å²) in [5, 5.41) is 43.5. The summed E-state index contributed by atoms with van der Waals surface area (Å²) in [5.74, 6) is -0.606. The smallest absolute Gasteiger partial charge is 0.338 e. The van der Waals surface area contributed by atoms with E-state index in [2.05, 4.69) is 16.9 Å². The number of hydrogen-bond acceptors (Lipinski definition) is 9. The second-order valence-electron chi connectivity index (χ2n) is 10.8. The van der Waals surface area contributed by atoms with Crippen LogP contribution in [0.3, 0.4) is 0 Å². The molecular weight excluding hydrogens is 542 g/mol. The summed E-state index contributed by atoms with van der Waals surface area (Å²) in [6, 6.07) is 7.40. The number of azide groups is 1. The first-order valence-corrected chi connectivity index (χ1v) is 15.3. The molecule has 0 aliphatic carbocycles. The van der Waals surface area contributed by atoms with Crippen LogP contribution in [-0.4, -0.2) is 82.5 Å². The van der Waals surface area contributed by atoms with Crippen molar-refractivity contribution < 1.29 is 39.4 Å². The lowest BCUT2D eigenvalue weighted by Crippen LogP contribution is -2.59. The first-order chi connectivity index (χ1) is 20.4. The van der Waals surface area contributed by atoms with E-state index in [-0.39, 0.29) is 6.61 Å². The van der Waals surface area contributed by atoms with E-state index in [4.69, 9.17) is 14.2 Å². The van der Waals surface area contributed by atoms with Gasteiger partial charge in [-0.15, -0.1) is 0 Å². The molecule has 42 heavy (non-hydrogen) atoms. The van der Waals surface area contributed by atoms with Crippen molar-refractivity contribution in [1.82, 2.24) is 0 Å². The lowest BCUT2D eigenvalue weighted by molar-refractivity contribution is -0.302. The molecular formula is C31H49N3O8. The maximum absolute atomic E-state index is 12.8. The summed E-state index contributed by atoms with van der Waals surface area (Å²) in [4.78, 5) is 15.7. The molecule has 0 spiro atoms. The second kappa shape index (κ2) is 21.2. The third kappa shape index (κ3) is 12.8. The van der Waals surface area contributed by atoms with Crippen LogP contribution in [0.4, 0.5) is 0 Å². The van der Waals surface area contributed by atoms with Crippen molar-refractivity contribution in [2.45, 2.75) is 127 Å². The minimum Gasteiger partial charge on any atom is -0.454 e. The highest BCUT2D eigenvalue weighted by atomic mass is 16.7. The maximum Gasteiger partial charge on any atom is 0.338 e. The summed E-state index contributed by atoms with van der Waals surface area (Å²) in [7, 11) is 0. The summed E-state index contributed by atoms with van der Waals surface area (Å²) < 4.78 is 16.7. The zero-order valence-electron chi connectivity index (χ0n) is 24.7. The molecule has 4 N–H and O–H groups in total. The molecule has 0 amide bonds. The number of esters is 1. The minimum absolute atomic E-state index is 0.329. The fourth-order valence-electron chi connectivity index (χ4n) is 4.83. The molecule has 11 heteroatoms. The zero-order valence-corrected chi connectivity index (χ0v) is 24.7. The normalized spacial score (nSPS) is 23.8. The predicted molar refractivity (Wildman–Crippen MR) is 159 cm³/mol. The fourth-order valence-corrected chi connectivity index (χ4v) is 4.83. The molecule has 11 nitrogen and oxygen atoms in total. The van der Waals surface area contributed by atoms with E-state index in [0.717, 1.165) is 19.3 Å². The fraction of sp³-hybridized carbons (Fsp3) is 0.710. The molecule has 1 aliphatic heterocycles. The van der Waals surface area contributed by atoms with Crippen molar-refractivity contribution in [3.05, 3.63) is 58.5 Å². The standard InChI is InChI=1S/C31H49N3O8/c1-2-3-4-5-6-7-8-9-10-11-12-13-17-20-25(41-30(39)23-18-15-14-16-19-23)24(33-34-32)22-40-31-29(38)28(37)27(36)26(21-35)42-31/h14-20,24-29,31,35-38H,2-13,21-22H2,1H3/t24-,25+,26+,27+,28-,29+,31-/m0/s1. The molecule has 1 aliphatic rings. The van der Waals surface area contributed by atoms with Crippen molar-refractivity contribution in [2.24, 2.45) is 5.11 Å². The maximum atomic E-state index is 12.8. The molecule has 0 saturated carbocycles. The highest BCUT2D eigenvalue weighted by Gasteiger charge is 2.44. The topological polar surface area (TPSA) is 174 Å². The Kier molecular flexibility index (Phi) is 18.0. The van der Waals surface area contributed by atoms with E-state index in [1.807, 2.05) is 6.08 Å². The third-order valence-electron chi connectivity index (χ3n) is 7.41. The average molecular weight is 592 g/mol. The molecule has 1 heterocycles. The van der Waals surface area contributed by atoms with E-state index in [0.29, 0.717) is 5.56 Å². The number of ether oxygens (including phenoxy) is 3. The van der Waals surface area contributed by atoms with Crippen LogP contribution in [0.1, 0.15) is 94.3 Å². The van der Waals surface area contributed by atoms with Crippen LogP contribution in [0.2, 0.25) is 0 Å². The summed E-state index contributed by atoms with van der Waals surface area (Å²) in [6.45, 7) is 1.29. The van der Waals surface area contributed by atoms with Gasteiger partial charge in [0.05, 0.1) is 18.8 Å². The minimum atomic E-state index is -1.61. The summed E-state index contributed by atoms with van der Waals surface area (Å²) in [5.41, 5.74) is 9.55. The van der Waals surface area contributed by atoms with E-state index in [1.54, 1.807) is 36.4 Å². The zero-order chi connectivity index (χ0) is 30.6. The lowest BCUT2D eigenvalue weighted by atomic mass is 9.99. The van der Waals surface area contributed by atoms with Gasteiger partial charge in [-0.25, -0.2) is 4.79 Å². The predicted octanol–water partition coefficient (Wildman–Crippen LogP) is 4.96. The monoisotopic (exact) mass is 591 g/mol. The van der Waals surface area contributed by atoms with Crippen LogP contribution in [0.15, 0.2) is 47.6 Å². The number of carbonyl (C=O) groups is 1. The van der Waals surface area contributed by atoms with Crippen molar-refractivity contribution in [3.63, 3.8) is 0 Å². The van der Waals surface area contributed by atoms with Gasteiger partial charge in [0, 0.05) is 4.91 Å². The molecule has 0 radical (unpaired) electrons. The molecule has 2 rings (SSSR count). The van der Waals surface area contributed by atoms with Crippen LogP contribution in [0.25, 0.3) is 10.4 Å². The van der Waals surface area contributed by atoms with Crippen LogP contribution in [0, 0.1) is 0 Å². The van der Waals surface area contributed by atoms with Gasteiger partial charge in [-0.3, -0.25) is 0 Å². The van der Waals surface area contributed by atoms with Crippen molar-refractivity contribution in [3.8, 4) is 0 Å². The van der Waals surface area contributed by atoms with Gasteiger partial charge in [-0.2, -0.15) is 0 Å². The number of aliphatic hydroxyl groups is 4. The van der Waals surface area contributed by atoms with E-state index in [9.17, 15) is 30.8 Å². The van der Waals surface area contributed by atoms with Gasteiger partial charge in [0.1, 0.15) is 36.6 Å². The molecule has 236 valence electrons. The Morgan fingerprint density at radius 1 is 0.976 bits per heavy atom. The largest absolute Gasteiger partial charge is 0.454 e. The van der Waals surface area contributed by atoms with Gasteiger partial charge >= 0.3 is 5.97 Å². The van der Waals surface area contributed by atoms with E-state index >= 15 is 0 Å². The van der Waals surface area contributed by atoms with E-state index < -0.39 is 55.4 Å². The first kappa shape index (κ1) is 35.7. The number of allylic oxidation sites excluding steroid dienone is 1. The molecule has 0 unspecified atom stereocenters. The number of hydrogen-bond donors (Lipinski definition) is 4. The Morgan fingerprint density at radius 2 is 1.60 bits per heavy atom. The van der Waals surface area contributed by atoms with Gasteiger partial charge in [-0.1, -0.05) is 101 Å². The van der Waals surface area contributed by atoms with Gasteiger partial charge in [-0.05, 0) is 36.6 Å².